The van der Waals surface area contributed by atoms with E-state index >= 15 is 0 Å². The van der Waals surface area contributed by atoms with Gasteiger partial charge >= 0.3 is 0 Å². The lowest BCUT2D eigenvalue weighted by molar-refractivity contribution is 0.570. The summed E-state index contributed by atoms with van der Waals surface area (Å²) in [5.74, 6) is -0.100. The highest BCUT2D eigenvalue weighted by Gasteiger charge is 2.15. The molecule has 0 aliphatic carbocycles. The Morgan fingerprint density at radius 1 is 1.41 bits per heavy atom. The molecule has 0 saturated heterocycles. The summed E-state index contributed by atoms with van der Waals surface area (Å²) < 4.78 is 26.3. The average molecular weight is 274 g/mol. The van der Waals surface area contributed by atoms with Crippen LogP contribution in [0.1, 0.15) is 12.5 Å². The first-order chi connectivity index (χ1) is 7.83. The van der Waals surface area contributed by atoms with Gasteiger partial charge in [-0.25, -0.2) is 13.1 Å². The average Bonchev–Trinajstić information content (AvgIpc) is 2.26. The zero-order valence-electron chi connectivity index (χ0n) is 9.90. The van der Waals surface area contributed by atoms with Gasteiger partial charge in [0.25, 0.3) is 0 Å². The Morgan fingerprint density at radius 2 is 1.94 bits per heavy atom. The number of halogens is 1. The van der Waals surface area contributed by atoms with Crippen LogP contribution in [-0.2, 0) is 10.0 Å². The summed E-state index contributed by atoms with van der Waals surface area (Å²) in [7, 11) is -3.46. The zero-order chi connectivity index (χ0) is 13.1. The number of hydrogen-bond donors (Lipinski definition) is 1. The van der Waals surface area contributed by atoms with Crippen molar-refractivity contribution in [3.8, 4) is 0 Å². The van der Waals surface area contributed by atoms with Gasteiger partial charge in [0.2, 0.25) is 10.0 Å². The van der Waals surface area contributed by atoms with Gasteiger partial charge in [-0.05, 0) is 19.1 Å². The van der Waals surface area contributed by atoms with Crippen molar-refractivity contribution < 1.29 is 8.42 Å². The molecule has 0 fully saturated rings. The highest BCUT2D eigenvalue weighted by Crippen LogP contribution is 2.13. The van der Waals surface area contributed by atoms with E-state index in [1.807, 2.05) is 13.8 Å². The predicted molar refractivity (Wildman–Crippen MR) is 70.5 cm³/mol. The predicted octanol–water partition coefficient (Wildman–Crippen LogP) is 2.66. The quantitative estimate of drug-likeness (QED) is 0.897. The first-order valence-electron chi connectivity index (χ1n) is 5.23. The molecule has 1 aromatic carbocycles. The number of rotatable bonds is 5. The maximum Gasteiger partial charge on any atom is 0.240 e. The maximum absolute atomic E-state index is 11.9. The third kappa shape index (κ3) is 4.15. The van der Waals surface area contributed by atoms with Gasteiger partial charge in [-0.2, -0.15) is 0 Å². The Bertz CT molecular complexity index is 494. The molecule has 0 spiro atoms. The minimum atomic E-state index is -3.46. The van der Waals surface area contributed by atoms with Gasteiger partial charge in [-0.3, -0.25) is 0 Å². The van der Waals surface area contributed by atoms with Crippen LogP contribution in [0, 0.1) is 12.8 Å². The normalized spacial score (nSPS) is 13.4. The second kappa shape index (κ2) is 5.67. The number of hydrogen-bond acceptors (Lipinski definition) is 2. The van der Waals surface area contributed by atoms with Crippen LogP contribution >= 0.6 is 11.6 Å². The van der Waals surface area contributed by atoms with Crippen molar-refractivity contribution in [3.63, 3.8) is 0 Å². The molecule has 1 aromatic rings. The molecular formula is C12H16ClNO2S. The molecule has 0 radical (unpaired) electrons. The van der Waals surface area contributed by atoms with Crippen molar-refractivity contribution in [2.75, 3.05) is 6.54 Å². The second-order valence-corrected chi connectivity index (χ2v) is 6.27. The fourth-order valence-electron chi connectivity index (χ4n) is 1.15. The lowest BCUT2D eigenvalue weighted by Gasteiger charge is -2.11. The standard InChI is InChI=1S/C12H16ClNO2S/c1-9-4-6-12(7-5-9)17(15,16)14-8-10(2)11(3)13/h4-7,10,14H,3,8H2,1-2H3. The van der Waals surface area contributed by atoms with Crippen molar-refractivity contribution in [1.82, 2.24) is 4.72 Å². The molecule has 94 valence electrons. The molecule has 5 heteroatoms. The van der Waals surface area contributed by atoms with Gasteiger partial charge in [0.15, 0.2) is 0 Å². The van der Waals surface area contributed by atoms with Crippen molar-refractivity contribution in [2.45, 2.75) is 18.7 Å². The Morgan fingerprint density at radius 3 is 2.41 bits per heavy atom. The maximum atomic E-state index is 11.9. The molecule has 17 heavy (non-hydrogen) atoms. The third-order valence-electron chi connectivity index (χ3n) is 2.45. The smallest absolute Gasteiger partial charge is 0.211 e. The van der Waals surface area contributed by atoms with Gasteiger partial charge in [0, 0.05) is 17.5 Å². The zero-order valence-corrected chi connectivity index (χ0v) is 11.5. The summed E-state index contributed by atoms with van der Waals surface area (Å²) in [5.41, 5.74) is 1.02. The van der Waals surface area contributed by atoms with Crippen molar-refractivity contribution >= 4 is 21.6 Å². The van der Waals surface area contributed by atoms with E-state index in [1.165, 1.54) is 0 Å². The lowest BCUT2D eigenvalue weighted by atomic mass is 10.2. The molecule has 1 rings (SSSR count). The summed E-state index contributed by atoms with van der Waals surface area (Å²) in [6, 6.07) is 6.69. The van der Waals surface area contributed by atoms with Gasteiger partial charge in [0.1, 0.15) is 0 Å². The summed E-state index contributed by atoms with van der Waals surface area (Å²) >= 11 is 5.69. The monoisotopic (exact) mass is 273 g/mol. The summed E-state index contributed by atoms with van der Waals surface area (Å²) in [6.45, 7) is 7.54. The fourth-order valence-corrected chi connectivity index (χ4v) is 2.35. The molecule has 0 bridgehead atoms. The van der Waals surface area contributed by atoms with Crippen LogP contribution in [0.5, 0.6) is 0 Å². The third-order valence-corrected chi connectivity index (χ3v) is 4.26. The van der Waals surface area contributed by atoms with Gasteiger partial charge in [0.05, 0.1) is 4.90 Å². The number of sulfonamides is 1. The largest absolute Gasteiger partial charge is 0.240 e. The van der Waals surface area contributed by atoms with E-state index in [1.54, 1.807) is 24.3 Å². The molecular weight excluding hydrogens is 258 g/mol. The Balaban J connectivity index is 2.76. The molecule has 0 saturated carbocycles. The molecule has 0 amide bonds. The van der Waals surface area contributed by atoms with E-state index in [2.05, 4.69) is 11.3 Å². The molecule has 0 aliphatic rings. The highest BCUT2D eigenvalue weighted by atomic mass is 35.5. The number of nitrogens with one attached hydrogen (secondary N) is 1. The van der Waals surface area contributed by atoms with Crippen LogP contribution in [-0.4, -0.2) is 15.0 Å². The highest BCUT2D eigenvalue weighted by molar-refractivity contribution is 7.89. The van der Waals surface area contributed by atoms with Crippen molar-refractivity contribution in [2.24, 2.45) is 5.92 Å². The summed E-state index contributed by atoms with van der Waals surface area (Å²) in [5, 5.41) is 0.441. The Hall–Kier alpha value is -0.840. The first kappa shape index (κ1) is 14.2. The van der Waals surface area contributed by atoms with Crippen LogP contribution in [0.25, 0.3) is 0 Å². The number of benzene rings is 1. The molecule has 0 heterocycles. The van der Waals surface area contributed by atoms with Crippen LogP contribution in [0.4, 0.5) is 0 Å². The van der Waals surface area contributed by atoms with Gasteiger partial charge < -0.3 is 0 Å². The second-order valence-electron chi connectivity index (χ2n) is 4.01. The van der Waals surface area contributed by atoms with Crippen molar-refractivity contribution in [1.29, 1.82) is 0 Å². The molecule has 0 aromatic heterocycles. The summed E-state index contributed by atoms with van der Waals surface area (Å²) in [6.07, 6.45) is 0. The lowest BCUT2D eigenvalue weighted by Crippen LogP contribution is -2.28. The van der Waals surface area contributed by atoms with Crippen LogP contribution in [0.15, 0.2) is 40.8 Å². The van der Waals surface area contributed by atoms with Crippen LogP contribution in [0.2, 0.25) is 0 Å². The van der Waals surface area contributed by atoms with Crippen LogP contribution < -0.4 is 4.72 Å². The number of aryl methyl sites for hydroxylation is 1. The minimum Gasteiger partial charge on any atom is -0.211 e. The Kier molecular flexibility index (Phi) is 4.74. The van der Waals surface area contributed by atoms with Gasteiger partial charge in [-0.1, -0.05) is 42.8 Å². The summed E-state index contributed by atoms with van der Waals surface area (Å²) in [4.78, 5) is 0.260. The van der Waals surface area contributed by atoms with Gasteiger partial charge in [-0.15, -0.1) is 0 Å². The molecule has 0 aliphatic heterocycles. The Labute approximate surface area is 108 Å². The van der Waals surface area contributed by atoms with E-state index in [-0.39, 0.29) is 17.4 Å². The fraction of sp³-hybridized carbons (Fsp3) is 0.333. The molecule has 1 atom stereocenters. The van der Waals surface area contributed by atoms with E-state index < -0.39 is 10.0 Å². The first-order valence-corrected chi connectivity index (χ1v) is 7.09. The van der Waals surface area contributed by atoms with Crippen molar-refractivity contribution in [3.05, 3.63) is 41.4 Å². The van der Waals surface area contributed by atoms with E-state index in [4.69, 9.17) is 11.6 Å². The van der Waals surface area contributed by atoms with E-state index in [0.29, 0.717) is 5.03 Å². The SMILES string of the molecule is C=C(Cl)C(C)CNS(=O)(=O)c1ccc(C)cc1. The molecule has 1 N–H and O–H groups in total. The minimum absolute atomic E-state index is 0.100. The van der Waals surface area contributed by atoms with E-state index in [0.717, 1.165) is 5.56 Å². The topological polar surface area (TPSA) is 46.2 Å². The molecule has 3 nitrogen and oxygen atoms in total. The van der Waals surface area contributed by atoms with Crippen LogP contribution in [0.3, 0.4) is 0 Å². The van der Waals surface area contributed by atoms with E-state index in [9.17, 15) is 8.42 Å². The molecule has 1 unspecified atom stereocenters.